The molecule has 1 saturated heterocycles. The lowest BCUT2D eigenvalue weighted by Crippen LogP contribution is -2.61. The van der Waals surface area contributed by atoms with Crippen LogP contribution in [0.2, 0.25) is 0 Å². The first-order chi connectivity index (χ1) is 19.9. The van der Waals surface area contributed by atoms with Gasteiger partial charge in [0.1, 0.15) is 24.2 Å². The molecule has 1 aliphatic rings. The number of rotatable bonds is 11. The van der Waals surface area contributed by atoms with Gasteiger partial charge < -0.3 is 15.4 Å². The van der Waals surface area contributed by atoms with Gasteiger partial charge in [-0.25, -0.2) is 10.4 Å². The fraction of sp³-hybridized carbons (Fsp3) is 0.469. The maximum absolute atomic E-state index is 13.2. The molecule has 0 saturated carbocycles. The lowest BCUT2D eigenvalue weighted by molar-refractivity contribution is -0.157. The smallest absolute Gasteiger partial charge is 0.325 e. The molecule has 0 bridgehead atoms. The van der Waals surface area contributed by atoms with Crippen molar-refractivity contribution < 1.29 is 23.9 Å². The number of amides is 3. The maximum atomic E-state index is 13.2. The Morgan fingerprint density at radius 2 is 1.79 bits per heavy atom. The van der Waals surface area contributed by atoms with Crippen LogP contribution in [0.15, 0.2) is 49.1 Å². The van der Waals surface area contributed by atoms with Gasteiger partial charge >= 0.3 is 5.97 Å². The van der Waals surface area contributed by atoms with Gasteiger partial charge in [-0.05, 0) is 57.2 Å². The number of nitrogens with zero attached hydrogens (tertiary/aromatic N) is 2. The Bertz CT molecular complexity index is 1340. The van der Waals surface area contributed by atoms with Gasteiger partial charge in [0.15, 0.2) is 0 Å². The van der Waals surface area contributed by atoms with Crippen LogP contribution in [-0.4, -0.2) is 58.4 Å². The van der Waals surface area contributed by atoms with Crippen LogP contribution in [0.1, 0.15) is 71.7 Å². The van der Waals surface area contributed by atoms with Crippen LogP contribution in [0, 0.1) is 11.8 Å². The second kappa shape index (κ2) is 14.7. The topological polar surface area (TPSA) is 130 Å². The van der Waals surface area contributed by atoms with E-state index in [0.717, 1.165) is 16.5 Å². The number of ether oxygens (including phenoxy) is 1. The van der Waals surface area contributed by atoms with E-state index in [9.17, 15) is 19.2 Å². The van der Waals surface area contributed by atoms with Crippen LogP contribution < -0.4 is 16.1 Å². The van der Waals surface area contributed by atoms with Gasteiger partial charge in [-0.3, -0.25) is 24.2 Å². The summed E-state index contributed by atoms with van der Waals surface area (Å²) in [7, 11) is 0. The molecule has 1 aromatic carbocycles. The van der Waals surface area contributed by atoms with Gasteiger partial charge in [-0.15, -0.1) is 0 Å². The molecule has 2 heterocycles. The summed E-state index contributed by atoms with van der Waals surface area (Å²) >= 11 is 0. The summed E-state index contributed by atoms with van der Waals surface area (Å²) in [4.78, 5) is 56.4. The summed E-state index contributed by atoms with van der Waals surface area (Å²) in [6.45, 7) is 14.7. The van der Waals surface area contributed by atoms with E-state index in [1.54, 1.807) is 39.0 Å². The van der Waals surface area contributed by atoms with E-state index in [1.165, 1.54) is 5.01 Å². The maximum Gasteiger partial charge on any atom is 0.325 e. The molecule has 5 atom stereocenters. The number of hydrazine groups is 1. The van der Waals surface area contributed by atoms with Crippen LogP contribution in [0.25, 0.3) is 17.0 Å². The summed E-state index contributed by atoms with van der Waals surface area (Å²) in [6.07, 6.45) is 5.76. The average molecular weight is 578 g/mol. The van der Waals surface area contributed by atoms with E-state index >= 15 is 0 Å². The SMILES string of the molecule is C=Cc1ccc2ccc([C@@H](C)OC(=O)[C@@H]3CCCN(C(=O)[C@H](C)NC(=O)[C@@H](NC(=O)[C@@H](C)/C=C/C)C(C)C)N3)nc2c1. The standard InChI is InChI=1S/C32H43N5O5/c1-8-11-20(5)29(38)35-28(19(3)4)30(39)33-21(6)31(40)37-17-10-12-26(36-37)32(41)42-22(7)25-16-15-24-14-13-23(9-2)18-27(24)34-25/h8-9,11,13-16,18-22,26,28,36H,2,10,12,17H2,1,3-7H3,(H,33,39)(H,35,38)/b11-8+/t20-,21-,22+,26-,28-/m0/s1. The number of esters is 1. The van der Waals surface area contributed by atoms with Crippen molar-refractivity contribution in [1.82, 2.24) is 26.1 Å². The van der Waals surface area contributed by atoms with Crippen molar-refractivity contribution in [2.24, 2.45) is 11.8 Å². The zero-order chi connectivity index (χ0) is 31.0. The van der Waals surface area contributed by atoms with Crippen LogP contribution in [-0.2, 0) is 23.9 Å². The number of allylic oxidation sites excluding steroid dienone is 1. The molecule has 3 amide bonds. The molecule has 0 spiro atoms. The van der Waals surface area contributed by atoms with Gasteiger partial charge in [-0.1, -0.05) is 63.8 Å². The largest absolute Gasteiger partial charge is 0.455 e. The Kier molecular flexibility index (Phi) is 11.4. The number of carbonyl (C=O) groups excluding carboxylic acids is 4. The molecule has 10 heteroatoms. The molecule has 1 fully saturated rings. The normalized spacial score (nSPS) is 18.3. The molecule has 226 valence electrons. The summed E-state index contributed by atoms with van der Waals surface area (Å²) < 4.78 is 5.73. The molecule has 42 heavy (non-hydrogen) atoms. The predicted octanol–water partition coefficient (Wildman–Crippen LogP) is 3.84. The van der Waals surface area contributed by atoms with Gasteiger partial charge in [0.2, 0.25) is 11.8 Å². The fourth-order valence-electron chi connectivity index (χ4n) is 4.73. The number of hydrogen-bond donors (Lipinski definition) is 3. The van der Waals surface area contributed by atoms with E-state index in [2.05, 4.69) is 27.6 Å². The number of aromatic nitrogens is 1. The quantitative estimate of drug-likeness (QED) is 0.273. The number of fused-ring (bicyclic) bond motifs is 1. The Morgan fingerprint density at radius 1 is 1.07 bits per heavy atom. The number of benzene rings is 1. The highest BCUT2D eigenvalue weighted by atomic mass is 16.5. The van der Waals surface area contributed by atoms with Gasteiger partial charge in [0.05, 0.1) is 17.1 Å². The van der Waals surface area contributed by atoms with Crippen molar-refractivity contribution in [1.29, 1.82) is 0 Å². The summed E-state index contributed by atoms with van der Waals surface area (Å²) in [5.74, 6) is -2.17. The van der Waals surface area contributed by atoms with Crippen LogP contribution in [0.3, 0.4) is 0 Å². The highest BCUT2D eigenvalue weighted by Gasteiger charge is 2.34. The lowest BCUT2D eigenvalue weighted by atomic mass is 10.0. The zero-order valence-corrected chi connectivity index (χ0v) is 25.3. The summed E-state index contributed by atoms with van der Waals surface area (Å²) in [5.41, 5.74) is 5.31. The third-order valence-corrected chi connectivity index (χ3v) is 7.29. The third-order valence-electron chi connectivity index (χ3n) is 7.29. The first kappa shape index (κ1) is 32.5. The Hall–Kier alpha value is -4.05. The molecule has 0 unspecified atom stereocenters. The molecule has 3 N–H and O–H groups in total. The molecule has 1 aliphatic heterocycles. The first-order valence-electron chi connectivity index (χ1n) is 14.5. The van der Waals surface area contributed by atoms with Crippen molar-refractivity contribution in [3.8, 4) is 0 Å². The number of nitrogens with one attached hydrogen (secondary N) is 3. The van der Waals surface area contributed by atoms with E-state index in [4.69, 9.17) is 4.74 Å². The van der Waals surface area contributed by atoms with Crippen molar-refractivity contribution >= 4 is 40.7 Å². The Balaban J connectivity index is 1.59. The number of carbonyl (C=O) groups is 4. The minimum absolute atomic E-state index is 0.190. The van der Waals surface area contributed by atoms with Crippen LogP contribution >= 0.6 is 0 Å². The highest BCUT2D eigenvalue weighted by molar-refractivity contribution is 5.92. The van der Waals surface area contributed by atoms with E-state index in [-0.39, 0.29) is 23.7 Å². The van der Waals surface area contributed by atoms with E-state index in [0.29, 0.717) is 25.1 Å². The molecule has 0 aliphatic carbocycles. The minimum atomic E-state index is -0.882. The van der Waals surface area contributed by atoms with Crippen molar-refractivity contribution in [2.75, 3.05) is 6.54 Å². The summed E-state index contributed by atoms with van der Waals surface area (Å²) in [5, 5.41) is 7.83. The van der Waals surface area contributed by atoms with Gasteiger partial charge in [0.25, 0.3) is 5.91 Å². The van der Waals surface area contributed by atoms with Gasteiger partial charge in [-0.2, -0.15) is 0 Å². The predicted molar refractivity (Wildman–Crippen MR) is 163 cm³/mol. The van der Waals surface area contributed by atoms with Gasteiger partial charge in [0, 0.05) is 11.9 Å². The monoisotopic (exact) mass is 577 g/mol. The van der Waals surface area contributed by atoms with Crippen LogP contribution in [0.5, 0.6) is 0 Å². The molecule has 0 radical (unpaired) electrons. The number of hydrogen-bond acceptors (Lipinski definition) is 7. The van der Waals surface area contributed by atoms with Crippen molar-refractivity contribution in [3.63, 3.8) is 0 Å². The Morgan fingerprint density at radius 3 is 2.45 bits per heavy atom. The highest BCUT2D eigenvalue weighted by Crippen LogP contribution is 2.22. The second-order valence-corrected chi connectivity index (χ2v) is 11.1. The fourth-order valence-corrected chi connectivity index (χ4v) is 4.73. The lowest BCUT2D eigenvalue weighted by Gasteiger charge is -2.35. The van der Waals surface area contributed by atoms with E-state index < -0.39 is 36.1 Å². The molecular formula is C32H43N5O5. The zero-order valence-electron chi connectivity index (χ0n) is 25.3. The molecule has 1 aromatic heterocycles. The molecule has 10 nitrogen and oxygen atoms in total. The number of pyridine rings is 1. The van der Waals surface area contributed by atoms with E-state index in [1.807, 2.05) is 51.1 Å². The van der Waals surface area contributed by atoms with Crippen molar-refractivity contribution in [2.45, 2.75) is 78.6 Å². The minimum Gasteiger partial charge on any atom is -0.455 e. The first-order valence-corrected chi connectivity index (χ1v) is 14.5. The molecule has 3 rings (SSSR count). The molecule has 2 aromatic rings. The van der Waals surface area contributed by atoms with Crippen molar-refractivity contribution in [3.05, 3.63) is 60.3 Å². The Labute approximate surface area is 247 Å². The molecular weight excluding hydrogens is 534 g/mol. The second-order valence-electron chi connectivity index (χ2n) is 11.1. The average Bonchev–Trinajstić information content (AvgIpc) is 2.98. The third kappa shape index (κ3) is 8.25. The summed E-state index contributed by atoms with van der Waals surface area (Å²) in [6, 6.07) is 7.20. The van der Waals surface area contributed by atoms with Crippen LogP contribution in [0.4, 0.5) is 0 Å².